The third-order valence-corrected chi connectivity index (χ3v) is 10.8. The third-order valence-electron chi connectivity index (χ3n) is 6.31. The molecule has 0 spiro atoms. The lowest BCUT2D eigenvalue weighted by Gasteiger charge is -2.47. The van der Waals surface area contributed by atoms with Crippen LogP contribution in [0.25, 0.3) is 0 Å². The molecule has 24 heavy (non-hydrogen) atoms. The molecular weight excluding hydrogens is 312 g/mol. The number of rotatable bonds is 7. The lowest BCUT2D eigenvalue weighted by atomic mass is 9.66. The molecule has 0 heterocycles. The molecule has 0 radical (unpaired) electrons. The van der Waals surface area contributed by atoms with Crippen LogP contribution in [0.3, 0.4) is 0 Å². The predicted octanol–water partition coefficient (Wildman–Crippen LogP) is 5.58. The van der Waals surface area contributed by atoms with E-state index in [4.69, 9.17) is 4.43 Å². The molecule has 1 rings (SSSR count). The summed E-state index contributed by atoms with van der Waals surface area (Å²) in [7, 11) is -1.84. The highest BCUT2D eigenvalue weighted by molar-refractivity contribution is 6.74. The molecule has 3 heteroatoms. The van der Waals surface area contributed by atoms with Gasteiger partial charge in [0.1, 0.15) is 0 Å². The summed E-state index contributed by atoms with van der Waals surface area (Å²) >= 11 is 0. The standard InChI is InChI=1S/C21H38O2Si/c1-10-15(3)18(14-22)20-16(4)12-13-19(17(20)11-2)23-24(8,9)21(5,6)7/h10-11,15,17-20,22H,1-2,4,12-14H2,3,5-9H3/t15-,17-,18-,19+,20-/m0/s1. The smallest absolute Gasteiger partial charge is 0.192 e. The Balaban J connectivity index is 3.12. The number of hydrogen-bond acceptors (Lipinski definition) is 2. The number of aliphatic hydroxyl groups excluding tert-OH is 1. The van der Waals surface area contributed by atoms with E-state index in [0.717, 1.165) is 12.8 Å². The number of hydrogen-bond donors (Lipinski definition) is 1. The van der Waals surface area contributed by atoms with Crippen molar-refractivity contribution in [2.45, 2.75) is 64.8 Å². The van der Waals surface area contributed by atoms with Crippen molar-refractivity contribution in [2.24, 2.45) is 23.7 Å². The van der Waals surface area contributed by atoms with Gasteiger partial charge in [-0.25, -0.2) is 0 Å². The summed E-state index contributed by atoms with van der Waals surface area (Å²) in [6.45, 7) is 26.1. The predicted molar refractivity (Wildman–Crippen MR) is 108 cm³/mol. The SMILES string of the molecule is C=C[C@@H]1[C@@H]([C@@H](CO)[C@@H](C)C=C)C(=C)CC[C@H]1O[Si](C)(C)C(C)(C)C. The van der Waals surface area contributed by atoms with Gasteiger partial charge in [0.25, 0.3) is 0 Å². The summed E-state index contributed by atoms with van der Waals surface area (Å²) in [5.41, 5.74) is 1.22. The molecule has 1 N–H and O–H groups in total. The first-order chi connectivity index (χ1) is 11.0. The first-order valence-electron chi connectivity index (χ1n) is 9.21. The quantitative estimate of drug-likeness (QED) is 0.480. The Hall–Kier alpha value is -0.643. The van der Waals surface area contributed by atoms with E-state index in [0.29, 0.717) is 0 Å². The van der Waals surface area contributed by atoms with E-state index >= 15 is 0 Å². The number of aliphatic hydroxyl groups is 1. The van der Waals surface area contributed by atoms with E-state index in [1.165, 1.54) is 5.57 Å². The first kappa shape index (κ1) is 21.4. The van der Waals surface area contributed by atoms with Crippen molar-refractivity contribution < 1.29 is 9.53 Å². The summed E-state index contributed by atoms with van der Waals surface area (Å²) in [6.07, 6.45) is 6.11. The summed E-state index contributed by atoms with van der Waals surface area (Å²) in [4.78, 5) is 0. The average Bonchev–Trinajstić information content (AvgIpc) is 2.49. The molecule has 138 valence electrons. The van der Waals surface area contributed by atoms with Crippen LogP contribution in [0.5, 0.6) is 0 Å². The van der Waals surface area contributed by atoms with E-state index in [1.54, 1.807) is 0 Å². The molecule has 0 saturated heterocycles. The molecule has 1 fully saturated rings. The number of allylic oxidation sites excluding steroid dienone is 2. The van der Waals surface area contributed by atoms with Gasteiger partial charge in [-0.15, -0.1) is 13.2 Å². The van der Waals surface area contributed by atoms with Crippen molar-refractivity contribution in [3.05, 3.63) is 37.5 Å². The van der Waals surface area contributed by atoms with Crippen LogP contribution >= 0.6 is 0 Å². The fourth-order valence-electron chi connectivity index (χ4n) is 3.55. The maximum atomic E-state index is 10.0. The van der Waals surface area contributed by atoms with Gasteiger partial charge in [0, 0.05) is 12.5 Å². The zero-order chi connectivity index (χ0) is 18.7. The monoisotopic (exact) mass is 350 g/mol. The van der Waals surface area contributed by atoms with Crippen LogP contribution in [0.2, 0.25) is 18.1 Å². The van der Waals surface area contributed by atoms with Gasteiger partial charge in [0.15, 0.2) is 8.32 Å². The molecule has 1 aliphatic rings. The van der Waals surface area contributed by atoms with Crippen LogP contribution in [0.15, 0.2) is 37.5 Å². The third kappa shape index (κ3) is 4.50. The maximum absolute atomic E-state index is 10.0. The second-order valence-corrected chi connectivity index (χ2v) is 13.6. The molecule has 0 amide bonds. The van der Waals surface area contributed by atoms with Crippen molar-refractivity contribution in [3.63, 3.8) is 0 Å². The van der Waals surface area contributed by atoms with Gasteiger partial charge in [0.05, 0.1) is 6.10 Å². The molecule has 0 bridgehead atoms. The Kier molecular flexibility index (Phi) is 7.27. The summed E-state index contributed by atoms with van der Waals surface area (Å²) in [6, 6.07) is 0. The van der Waals surface area contributed by atoms with Crippen LogP contribution < -0.4 is 0 Å². The van der Waals surface area contributed by atoms with E-state index < -0.39 is 8.32 Å². The summed E-state index contributed by atoms with van der Waals surface area (Å²) < 4.78 is 6.75. The second-order valence-electron chi connectivity index (χ2n) is 8.89. The fourth-order valence-corrected chi connectivity index (χ4v) is 4.94. The Morgan fingerprint density at radius 1 is 1.33 bits per heavy atom. The average molecular weight is 351 g/mol. The fraction of sp³-hybridized carbons (Fsp3) is 0.714. The topological polar surface area (TPSA) is 29.5 Å². The molecule has 0 unspecified atom stereocenters. The summed E-state index contributed by atoms with van der Waals surface area (Å²) in [5.74, 6) is 0.790. The van der Waals surface area contributed by atoms with E-state index in [-0.39, 0.29) is 41.4 Å². The highest BCUT2D eigenvalue weighted by Gasteiger charge is 2.45. The van der Waals surface area contributed by atoms with Gasteiger partial charge in [-0.3, -0.25) is 0 Å². The van der Waals surface area contributed by atoms with Crippen molar-refractivity contribution >= 4 is 8.32 Å². The Labute approximate surface area is 150 Å². The zero-order valence-corrected chi connectivity index (χ0v) is 17.6. The van der Waals surface area contributed by atoms with Crippen LogP contribution in [-0.2, 0) is 4.43 Å². The largest absolute Gasteiger partial charge is 0.413 e. The minimum Gasteiger partial charge on any atom is -0.413 e. The highest BCUT2D eigenvalue weighted by atomic mass is 28.4. The van der Waals surface area contributed by atoms with Crippen molar-refractivity contribution in [1.29, 1.82) is 0 Å². The van der Waals surface area contributed by atoms with Gasteiger partial charge in [0.2, 0.25) is 0 Å². The molecular formula is C21H38O2Si. The Bertz CT molecular complexity index is 461. The normalized spacial score (nSPS) is 28.3. The molecule has 0 aliphatic heterocycles. The van der Waals surface area contributed by atoms with E-state index in [1.807, 2.05) is 12.2 Å². The lowest BCUT2D eigenvalue weighted by Crippen LogP contribution is -2.49. The Morgan fingerprint density at radius 3 is 2.33 bits per heavy atom. The van der Waals surface area contributed by atoms with Crippen molar-refractivity contribution in [2.75, 3.05) is 6.61 Å². The van der Waals surface area contributed by atoms with Crippen LogP contribution in [0.1, 0.15) is 40.5 Å². The molecule has 0 aromatic carbocycles. The Morgan fingerprint density at radius 2 is 1.92 bits per heavy atom. The molecule has 1 saturated carbocycles. The minimum atomic E-state index is -1.84. The van der Waals surface area contributed by atoms with Crippen LogP contribution in [0, 0.1) is 23.7 Å². The van der Waals surface area contributed by atoms with E-state index in [2.05, 4.69) is 60.5 Å². The van der Waals surface area contributed by atoms with Crippen molar-refractivity contribution in [1.82, 2.24) is 0 Å². The molecule has 0 aromatic heterocycles. The lowest BCUT2D eigenvalue weighted by molar-refractivity contribution is 0.0450. The highest BCUT2D eigenvalue weighted by Crippen LogP contribution is 2.46. The maximum Gasteiger partial charge on any atom is 0.192 e. The molecule has 1 aliphatic carbocycles. The second kappa shape index (κ2) is 8.16. The van der Waals surface area contributed by atoms with E-state index in [9.17, 15) is 5.11 Å². The minimum absolute atomic E-state index is 0.129. The van der Waals surface area contributed by atoms with Crippen LogP contribution in [-0.4, -0.2) is 26.1 Å². The summed E-state index contributed by atoms with van der Waals surface area (Å²) in [5, 5.41) is 10.2. The van der Waals surface area contributed by atoms with Crippen molar-refractivity contribution in [3.8, 4) is 0 Å². The molecule has 0 aromatic rings. The zero-order valence-electron chi connectivity index (χ0n) is 16.6. The van der Waals surface area contributed by atoms with Gasteiger partial charge < -0.3 is 9.53 Å². The molecule has 5 atom stereocenters. The van der Waals surface area contributed by atoms with Gasteiger partial charge in [-0.1, -0.05) is 52.0 Å². The van der Waals surface area contributed by atoms with Crippen LogP contribution in [0.4, 0.5) is 0 Å². The van der Waals surface area contributed by atoms with Gasteiger partial charge in [-0.05, 0) is 48.7 Å². The first-order valence-corrected chi connectivity index (χ1v) is 12.1. The van der Waals surface area contributed by atoms with Gasteiger partial charge in [-0.2, -0.15) is 0 Å². The van der Waals surface area contributed by atoms with Gasteiger partial charge >= 0.3 is 0 Å². The molecule has 2 nitrogen and oxygen atoms in total.